The summed E-state index contributed by atoms with van der Waals surface area (Å²) in [4.78, 5) is 16.7. The Kier molecular flexibility index (Phi) is 9.46. The van der Waals surface area contributed by atoms with Crippen LogP contribution in [-0.4, -0.2) is 29.5 Å². The van der Waals surface area contributed by atoms with Gasteiger partial charge in [0.15, 0.2) is 6.23 Å². The zero-order chi connectivity index (χ0) is 17.2. The van der Waals surface area contributed by atoms with Crippen molar-refractivity contribution in [1.82, 2.24) is 5.32 Å². The second-order valence-corrected chi connectivity index (χ2v) is 7.19. The van der Waals surface area contributed by atoms with Crippen molar-refractivity contribution in [2.75, 3.05) is 6.54 Å². The molecular formula is C19H36N2O2. The molecule has 4 atom stereocenters. The molecule has 1 heterocycles. The Balaban J connectivity index is 2.46. The molecule has 0 radical (unpaired) electrons. The highest BCUT2D eigenvalue weighted by Gasteiger charge is 2.34. The molecule has 4 unspecified atom stereocenters. The molecule has 0 aromatic rings. The van der Waals surface area contributed by atoms with E-state index in [4.69, 9.17) is 0 Å². The fourth-order valence-corrected chi connectivity index (χ4v) is 3.42. The van der Waals surface area contributed by atoms with Crippen LogP contribution in [0.1, 0.15) is 79.1 Å². The summed E-state index contributed by atoms with van der Waals surface area (Å²) >= 11 is 0. The normalized spacial score (nSPS) is 25.8. The van der Waals surface area contributed by atoms with Gasteiger partial charge in [-0.2, -0.15) is 0 Å². The van der Waals surface area contributed by atoms with E-state index in [0.29, 0.717) is 18.4 Å². The van der Waals surface area contributed by atoms with Crippen LogP contribution < -0.4 is 5.32 Å². The first-order valence-electron chi connectivity index (χ1n) is 9.49. The summed E-state index contributed by atoms with van der Waals surface area (Å²) in [6, 6.07) is 0. The minimum atomic E-state index is -0.870. The molecule has 0 saturated heterocycles. The third-order valence-corrected chi connectivity index (χ3v) is 5.04. The van der Waals surface area contributed by atoms with E-state index < -0.39 is 6.23 Å². The number of aliphatic hydroxyl groups is 1. The summed E-state index contributed by atoms with van der Waals surface area (Å²) in [7, 11) is 0. The Bertz CT molecular complexity index is 382. The topological polar surface area (TPSA) is 61.7 Å². The fourth-order valence-electron chi connectivity index (χ4n) is 3.42. The minimum absolute atomic E-state index is 0.0297. The lowest BCUT2D eigenvalue weighted by Gasteiger charge is -2.30. The number of aliphatic imine (C=N–C) groups is 1. The molecule has 1 amide bonds. The molecule has 23 heavy (non-hydrogen) atoms. The predicted molar refractivity (Wildman–Crippen MR) is 96.6 cm³/mol. The largest absolute Gasteiger partial charge is 0.371 e. The molecular weight excluding hydrogens is 288 g/mol. The van der Waals surface area contributed by atoms with Crippen molar-refractivity contribution < 1.29 is 9.90 Å². The van der Waals surface area contributed by atoms with Gasteiger partial charge >= 0.3 is 0 Å². The number of unbranched alkanes of at least 4 members (excludes halogenated alkanes) is 2. The molecule has 4 nitrogen and oxygen atoms in total. The summed E-state index contributed by atoms with van der Waals surface area (Å²) in [5, 5.41) is 13.2. The average Bonchev–Trinajstić information content (AvgIpc) is 2.49. The Morgan fingerprint density at radius 2 is 2.04 bits per heavy atom. The molecule has 0 spiro atoms. The summed E-state index contributed by atoms with van der Waals surface area (Å²) < 4.78 is 0. The number of nitrogens with zero attached hydrogens (tertiary/aromatic N) is 1. The van der Waals surface area contributed by atoms with Gasteiger partial charge in [-0.3, -0.25) is 9.79 Å². The van der Waals surface area contributed by atoms with E-state index in [1.54, 1.807) is 0 Å². The fraction of sp³-hybridized carbons (Fsp3) is 0.895. The van der Waals surface area contributed by atoms with Gasteiger partial charge in [0.05, 0.1) is 5.92 Å². The van der Waals surface area contributed by atoms with Crippen LogP contribution in [-0.2, 0) is 4.79 Å². The van der Waals surface area contributed by atoms with Crippen LogP contribution in [0.15, 0.2) is 4.99 Å². The van der Waals surface area contributed by atoms with E-state index in [2.05, 4.69) is 31.1 Å². The second-order valence-electron chi connectivity index (χ2n) is 7.19. The predicted octanol–water partition coefficient (Wildman–Crippen LogP) is 3.92. The number of amides is 1. The lowest BCUT2D eigenvalue weighted by molar-refractivity contribution is -0.129. The van der Waals surface area contributed by atoms with Crippen molar-refractivity contribution in [3.05, 3.63) is 0 Å². The van der Waals surface area contributed by atoms with E-state index in [0.717, 1.165) is 25.0 Å². The third-order valence-electron chi connectivity index (χ3n) is 5.04. The van der Waals surface area contributed by atoms with Gasteiger partial charge in [-0.1, -0.05) is 52.9 Å². The van der Waals surface area contributed by atoms with E-state index in [-0.39, 0.29) is 11.8 Å². The van der Waals surface area contributed by atoms with E-state index in [9.17, 15) is 9.90 Å². The molecule has 4 heteroatoms. The Morgan fingerprint density at radius 3 is 2.70 bits per heavy atom. The van der Waals surface area contributed by atoms with Gasteiger partial charge in [0.25, 0.3) is 0 Å². The van der Waals surface area contributed by atoms with Crippen molar-refractivity contribution in [3.8, 4) is 0 Å². The Hall–Kier alpha value is -0.900. The highest BCUT2D eigenvalue weighted by atomic mass is 16.3. The third kappa shape index (κ3) is 7.03. The van der Waals surface area contributed by atoms with Gasteiger partial charge in [-0.15, -0.1) is 0 Å². The molecule has 1 rings (SSSR count). The van der Waals surface area contributed by atoms with Crippen molar-refractivity contribution >= 4 is 11.6 Å². The van der Waals surface area contributed by atoms with Gasteiger partial charge in [-0.05, 0) is 38.0 Å². The monoisotopic (exact) mass is 324 g/mol. The molecule has 0 bridgehead atoms. The van der Waals surface area contributed by atoms with E-state index in [1.165, 1.54) is 32.1 Å². The number of nitrogens with one attached hydrogen (secondary N) is 1. The molecule has 0 aromatic carbocycles. The zero-order valence-electron chi connectivity index (χ0n) is 15.5. The average molecular weight is 325 g/mol. The number of hydrogen-bond acceptors (Lipinski definition) is 3. The molecule has 1 aliphatic heterocycles. The van der Waals surface area contributed by atoms with Crippen LogP contribution >= 0.6 is 0 Å². The van der Waals surface area contributed by atoms with Crippen molar-refractivity contribution in [2.24, 2.45) is 22.7 Å². The van der Waals surface area contributed by atoms with Gasteiger partial charge in [0, 0.05) is 12.3 Å². The number of hydrogen-bond donors (Lipinski definition) is 2. The first-order valence-corrected chi connectivity index (χ1v) is 9.49. The first-order chi connectivity index (χ1) is 11.0. The van der Waals surface area contributed by atoms with Gasteiger partial charge in [0.1, 0.15) is 0 Å². The maximum atomic E-state index is 12.4. The lowest BCUT2D eigenvalue weighted by Crippen LogP contribution is -2.42. The molecule has 0 fully saturated rings. The van der Waals surface area contributed by atoms with Crippen LogP contribution in [0.25, 0.3) is 0 Å². The van der Waals surface area contributed by atoms with E-state index >= 15 is 0 Å². The highest BCUT2D eigenvalue weighted by Crippen LogP contribution is 2.28. The zero-order valence-corrected chi connectivity index (χ0v) is 15.5. The van der Waals surface area contributed by atoms with Crippen molar-refractivity contribution in [1.29, 1.82) is 0 Å². The quantitative estimate of drug-likeness (QED) is 0.598. The number of carbonyl (C=O) groups excluding carboxylic acids is 1. The maximum absolute atomic E-state index is 12.4. The maximum Gasteiger partial charge on any atom is 0.227 e. The summed E-state index contributed by atoms with van der Waals surface area (Å²) in [5.41, 5.74) is 1.01. The van der Waals surface area contributed by atoms with Crippen LogP contribution in [0, 0.1) is 17.8 Å². The van der Waals surface area contributed by atoms with Crippen molar-refractivity contribution in [2.45, 2.75) is 85.3 Å². The number of carbonyl (C=O) groups is 1. The van der Waals surface area contributed by atoms with Crippen LogP contribution in [0.3, 0.4) is 0 Å². The number of aliphatic hydroxyl groups excluding tert-OH is 1. The van der Waals surface area contributed by atoms with Gasteiger partial charge in [0.2, 0.25) is 5.91 Å². The van der Waals surface area contributed by atoms with Crippen LogP contribution in [0.4, 0.5) is 0 Å². The molecule has 2 N–H and O–H groups in total. The number of rotatable bonds is 10. The second kappa shape index (κ2) is 10.8. The molecule has 1 aliphatic rings. The summed E-state index contributed by atoms with van der Waals surface area (Å²) in [5.74, 6) is 0.572. The van der Waals surface area contributed by atoms with Gasteiger partial charge < -0.3 is 10.4 Å². The standard InChI is InChI=1S/C19H36N2O2/c1-5-7-8-10-16-13-17(19(23)21-15(16)4)18(22)20-12-11-14(3)9-6-2/h14,16-17,19,23H,5-13H2,1-4H3,(H,20,22). The molecule has 0 aromatic heterocycles. The molecule has 134 valence electrons. The summed E-state index contributed by atoms with van der Waals surface area (Å²) in [6.07, 6.45) is 7.92. The smallest absolute Gasteiger partial charge is 0.227 e. The Morgan fingerprint density at radius 1 is 1.30 bits per heavy atom. The Labute approximate surface area is 142 Å². The minimum Gasteiger partial charge on any atom is -0.371 e. The van der Waals surface area contributed by atoms with E-state index in [1.807, 2.05) is 6.92 Å². The highest BCUT2D eigenvalue weighted by molar-refractivity contribution is 5.88. The first kappa shape index (κ1) is 20.1. The summed E-state index contributed by atoms with van der Waals surface area (Å²) in [6.45, 7) is 9.29. The lowest BCUT2D eigenvalue weighted by atomic mass is 9.83. The van der Waals surface area contributed by atoms with Crippen LogP contribution in [0.5, 0.6) is 0 Å². The van der Waals surface area contributed by atoms with Crippen molar-refractivity contribution in [3.63, 3.8) is 0 Å². The molecule has 0 aliphatic carbocycles. The van der Waals surface area contributed by atoms with Crippen LogP contribution in [0.2, 0.25) is 0 Å². The van der Waals surface area contributed by atoms with Gasteiger partial charge in [-0.25, -0.2) is 0 Å². The SMILES string of the molecule is CCCCCC1CC(C(=O)NCCC(C)CCC)C(O)N=C1C. The molecule has 0 saturated carbocycles.